The van der Waals surface area contributed by atoms with Gasteiger partial charge in [-0.05, 0) is 50.2 Å². The average Bonchev–Trinajstić information content (AvgIpc) is 2.88. The minimum absolute atomic E-state index is 0.0329. The van der Waals surface area contributed by atoms with Crippen molar-refractivity contribution in [3.8, 4) is 28.7 Å². The van der Waals surface area contributed by atoms with Crippen LogP contribution in [0.1, 0.15) is 22.5 Å². The van der Waals surface area contributed by atoms with Crippen LogP contribution in [0.15, 0.2) is 36.4 Å². The van der Waals surface area contributed by atoms with E-state index >= 15 is 4.39 Å². The summed E-state index contributed by atoms with van der Waals surface area (Å²) in [5.74, 6) is -0.771. The summed E-state index contributed by atoms with van der Waals surface area (Å²) in [6.07, 6.45) is -4.61. The van der Waals surface area contributed by atoms with E-state index in [1.54, 1.807) is 24.8 Å². The number of ether oxygens (including phenoxy) is 1. The standard InChI is InChI=1S/C26H20F4N6O/c1-14-15(2)33-25-23(32-14)22(20-4-3-16(13-31)9-21(20)27)34-24(35-25)17-10-18(26(28,29)30)12-19(11-17)36-5-7-37-8-6-36/h3-4,9-12H,5-8H2,1-2H3. The second-order valence-electron chi connectivity index (χ2n) is 8.63. The van der Waals surface area contributed by atoms with Gasteiger partial charge in [0.2, 0.25) is 0 Å². The van der Waals surface area contributed by atoms with Crippen LogP contribution in [0, 0.1) is 31.0 Å². The van der Waals surface area contributed by atoms with Gasteiger partial charge in [0.1, 0.15) is 17.0 Å². The molecule has 5 rings (SSSR count). The lowest BCUT2D eigenvalue weighted by Gasteiger charge is -2.29. The molecule has 7 nitrogen and oxygen atoms in total. The molecule has 0 spiro atoms. The molecular formula is C26H20F4N6O. The SMILES string of the molecule is Cc1nc2nc(-c3cc(N4CCOCC4)cc(C(F)(F)F)c3)nc(-c3ccc(C#N)cc3F)c2nc1C. The van der Waals surface area contributed by atoms with Gasteiger partial charge in [-0.3, -0.25) is 0 Å². The molecule has 0 saturated carbocycles. The van der Waals surface area contributed by atoms with Gasteiger partial charge in [-0.2, -0.15) is 18.4 Å². The summed E-state index contributed by atoms with van der Waals surface area (Å²) in [5.41, 5.74) is 1.30. The predicted molar refractivity (Wildman–Crippen MR) is 128 cm³/mol. The average molecular weight is 508 g/mol. The third kappa shape index (κ3) is 4.80. The van der Waals surface area contributed by atoms with Crippen molar-refractivity contribution in [1.82, 2.24) is 19.9 Å². The smallest absolute Gasteiger partial charge is 0.378 e. The second kappa shape index (κ2) is 9.37. The largest absolute Gasteiger partial charge is 0.416 e. The highest BCUT2D eigenvalue weighted by atomic mass is 19.4. The van der Waals surface area contributed by atoms with Crippen LogP contribution in [-0.2, 0) is 10.9 Å². The molecule has 11 heteroatoms. The van der Waals surface area contributed by atoms with Gasteiger partial charge in [0.05, 0.1) is 41.8 Å². The Morgan fingerprint density at radius 2 is 1.68 bits per heavy atom. The molecule has 2 aromatic carbocycles. The number of hydrogen-bond donors (Lipinski definition) is 0. The third-order valence-corrected chi connectivity index (χ3v) is 6.18. The Labute approximate surface area is 209 Å². The maximum atomic E-state index is 15.1. The second-order valence-corrected chi connectivity index (χ2v) is 8.63. The van der Waals surface area contributed by atoms with Crippen LogP contribution in [0.2, 0.25) is 0 Å². The van der Waals surface area contributed by atoms with Crippen LogP contribution in [0.5, 0.6) is 0 Å². The van der Waals surface area contributed by atoms with Gasteiger partial charge in [0.15, 0.2) is 11.5 Å². The van der Waals surface area contributed by atoms with Crippen molar-refractivity contribution in [2.45, 2.75) is 20.0 Å². The Morgan fingerprint density at radius 3 is 2.35 bits per heavy atom. The topological polar surface area (TPSA) is 87.8 Å². The van der Waals surface area contributed by atoms with E-state index in [9.17, 15) is 13.2 Å². The van der Waals surface area contributed by atoms with Gasteiger partial charge in [-0.15, -0.1) is 0 Å². The fourth-order valence-electron chi connectivity index (χ4n) is 4.11. The lowest BCUT2D eigenvalue weighted by Crippen LogP contribution is -2.36. The lowest BCUT2D eigenvalue weighted by molar-refractivity contribution is -0.137. The summed E-state index contributed by atoms with van der Waals surface area (Å²) in [4.78, 5) is 19.7. The normalized spacial score (nSPS) is 14.1. The van der Waals surface area contributed by atoms with Gasteiger partial charge in [-0.1, -0.05) is 0 Å². The molecule has 1 fully saturated rings. The molecule has 0 unspecified atom stereocenters. The van der Waals surface area contributed by atoms with Crippen molar-refractivity contribution >= 4 is 16.9 Å². The first kappa shape index (κ1) is 24.5. The predicted octanol–water partition coefficient (Wildman–Crippen LogP) is 5.24. The Bertz CT molecular complexity index is 1560. The monoisotopic (exact) mass is 508 g/mol. The number of halogens is 4. The molecule has 4 aromatic rings. The molecular weight excluding hydrogens is 488 g/mol. The van der Waals surface area contributed by atoms with Crippen LogP contribution in [0.4, 0.5) is 23.2 Å². The van der Waals surface area contributed by atoms with Gasteiger partial charge in [0.25, 0.3) is 0 Å². The summed E-state index contributed by atoms with van der Waals surface area (Å²) in [5, 5.41) is 9.11. The maximum Gasteiger partial charge on any atom is 0.416 e. The van der Waals surface area contributed by atoms with E-state index in [-0.39, 0.29) is 39.4 Å². The van der Waals surface area contributed by atoms with Gasteiger partial charge < -0.3 is 9.64 Å². The minimum atomic E-state index is -4.61. The molecule has 188 valence electrons. The first-order valence-corrected chi connectivity index (χ1v) is 11.4. The van der Waals surface area contributed by atoms with Crippen molar-refractivity contribution in [3.05, 3.63) is 64.7 Å². The highest BCUT2D eigenvalue weighted by Gasteiger charge is 2.32. The molecule has 3 heterocycles. The Morgan fingerprint density at radius 1 is 0.946 bits per heavy atom. The van der Waals surface area contributed by atoms with Crippen LogP contribution < -0.4 is 4.90 Å². The Kier molecular flexibility index (Phi) is 6.21. The summed E-state index contributed by atoms with van der Waals surface area (Å²) < 4.78 is 62.0. The fourth-order valence-corrected chi connectivity index (χ4v) is 4.11. The molecule has 1 saturated heterocycles. The highest BCUT2D eigenvalue weighted by Crippen LogP contribution is 2.37. The van der Waals surface area contributed by atoms with E-state index in [1.807, 2.05) is 6.07 Å². The van der Waals surface area contributed by atoms with E-state index < -0.39 is 17.6 Å². The number of hydrogen-bond acceptors (Lipinski definition) is 7. The number of rotatable bonds is 3. The van der Waals surface area contributed by atoms with Crippen molar-refractivity contribution in [3.63, 3.8) is 0 Å². The minimum Gasteiger partial charge on any atom is -0.378 e. The van der Waals surface area contributed by atoms with E-state index in [1.165, 1.54) is 12.1 Å². The molecule has 1 aliphatic heterocycles. The summed E-state index contributed by atoms with van der Waals surface area (Å²) in [6, 6.07) is 9.40. The third-order valence-electron chi connectivity index (χ3n) is 6.18. The highest BCUT2D eigenvalue weighted by molar-refractivity contribution is 5.89. The van der Waals surface area contributed by atoms with Gasteiger partial charge in [-0.25, -0.2) is 24.3 Å². The number of nitrogens with zero attached hydrogens (tertiary/aromatic N) is 6. The van der Waals surface area contributed by atoms with Gasteiger partial charge in [0, 0.05) is 29.9 Å². The number of morpholine rings is 1. The summed E-state index contributed by atoms with van der Waals surface area (Å²) >= 11 is 0. The zero-order valence-corrected chi connectivity index (χ0v) is 19.9. The molecule has 2 aromatic heterocycles. The first-order chi connectivity index (χ1) is 17.6. The Hall–Kier alpha value is -4.17. The molecule has 0 atom stereocenters. The number of alkyl halides is 3. The van der Waals surface area contributed by atoms with E-state index in [0.717, 1.165) is 18.2 Å². The van der Waals surface area contributed by atoms with Crippen molar-refractivity contribution in [1.29, 1.82) is 5.26 Å². The van der Waals surface area contributed by atoms with Crippen molar-refractivity contribution in [2.24, 2.45) is 0 Å². The van der Waals surface area contributed by atoms with Crippen LogP contribution >= 0.6 is 0 Å². The molecule has 0 bridgehead atoms. The molecule has 37 heavy (non-hydrogen) atoms. The molecule has 0 amide bonds. The van der Waals surface area contributed by atoms with Crippen molar-refractivity contribution < 1.29 is 22.3 Å². The Balaban J connectivity index is 1.77. The molecule has 0 radical (unpaired) electrons. The molecule has 0 aliphatic carbocycles. The summed E-state index contributed by atoms with van der Waals surface area (Å²) in [7, 11) is 0. The number of aryl methyl sites for hydroxylation is 2. The number of benzene rings is 2. The van der Waals surface area contributed by atoms with Crippen molar-refractivity contribution in [2.75, 3.05) is 31.2 Å². The number of nitriles is 1. The fraction of sp³-hybridized carbons (Fsp3) is 0.269. The zero-order valence-electron chi connectivity index (χ0n) is 19.9. The maximum absolute atomic E-state index is 15.1. The molecule has 0 N–H and O–H groups in total. The quantitative estimate of drug-likeness (QED) is 0.350. The lowest BCUT2D eigenvalue weighted by atomic mass is 10.0. The zero-order chi connectivity index (χ0) is 26.3. The van der Waals surface area contributed by atoms with E-state index in [4.69, 9.17) is 10.00 Å². The van der Waals surface area contributed by atoms with Crippen LogP contribution in [0.25, 0.3) is 33.8 Å². The number of anilines is 1. The van der Waals surface area contributed by atoms with E-state index in [0.29, 0.717) is 43.4 Å². The summed E-state index contributed by atoms with van der Waals surface area (Å²) in [6.45, 7) is 5.13. The van der Waals surface area contributed by atoms with Crippen LogP contribution in [-0.4, -0.2) is 46.2 Å². The number of fused-ring (bicyclic) bond motifs is 1. The number of aromatic nitrogens is 4. The van der Waals surface area contributed by atoms with Crippen LogP contribution in [0.3, 0.4) is 0 Å². The van der Waals surface area contributed by atoms with E-state index in [2.05, 4.69) is 19.9 Å². The van der Waals surface area contributed by atoms with Gasteiger partial charge >= 0.3 is 6.18 Å². The molecule has 1 aliphatic rings. The first-order valence-electron chi connectivity index (χ1n) is 11.4.